The van der Waals surface area contributed by atoms with Crippen molar-refractivity contribution < 1.29 is 19.1 Å². The van der Waals surface area contributed by atoms with Gasteiger partial charge in [-0.05, 0) is 37.3 Å². The average Bonchev–Trinajstić information content (AvgIpc) is 3.30. The largest absolute Gasteiger partial charge is 0.468 e. The van der Waals surface area contributed by atoms with Gasteiger partial charge in [0, 0.05) is 23.4 Å². The molecule has 34 heavy (non-hydrogen) atoms. The third-order valence-corrected chi connectivity index (χ3v) is 5.25. The lowest BCUT2D eigenvalue weighted by Crippen LogP contribution is -2.30. The standard InChI is InChI=1S/C25H23N5O4/c1-3-30-23-20(14-27-30)19(13-21(29-23)16-7-5-4-6-8-16)25(33)28-18-11-9-17(10-12-18)24(32)26-15-22(31)34-2/h4-14H,3,15H2,1-2H3,(H,26,32)(H,28,33). The van der Waals surface area contributed by atoms with E-state index >= 15 is 0 Å². The van der Waals surface area contributed by atoms with Crippen LogP contribution in [0.25, 0.3) is 22.3 Å². The molecule has 0 fully saturated rings. The highest BCUT2D eigenvalue weighted by Crippen LogP contribution is 2.25. The highest BCUT2D eigenvalue weighted by atomic mass is 16.5. The smallest absolute Gasteiger partial charge is 0.325 e. The summed E-state index contributed by atoms with van der Waals surface area (Å²) in [5.41, 5.74) is 3.51. The molecule has 0 saturated carbocycles. The number of ether oxygens (including phenoxy) is 1. The Labute approximate surface area is 195 Å². The molecule has 0 unspecified atom stereocenters. The third-order valence-electron chi connectivity index (χ3n) is 5.25. The van der Waals surface area contributed by atoms with Crippen LogP contribution >= 0.6 is 0 Å². The van der Waals surface area contributed by atoms with Crippen LogP contribution < -0.4 is 10.6 Å². The van der Waals surface area contributed by atoms with Crippen LogP contribution in [-0.2, 0) is 16.1 Å². The summed E-state index contributed by atoms with van der Waals surface area (Å²) in [5, 5.41) is 10.4. The molecular weight excluding hydrogens is 434 g/mol. The number of amides is 2. The second kappa shape index (κ2) is 9.95. The van der Waals surface area contributed by atoms with Gasteiger partial charge in [-0.3, -0.25) is 14.4 Å². The van der Waals surface area contributed by atoms with E-state index in [-0.39, 0.29) is 12.5 Å². The first-order chi connectivity index (χ1) is 16.5. The molecule has 0 atom stereocenters. The Morgan fingerprint density at radius 1 is 1.00 bits per heavy atom. The highest BCUT2D eigenvalue weighted by Gasteiger charge is 2.18. The lowest BCUT2D eigenvalue weighted by molar-refractivity contribution is -0.139. The molecule has 0 aliphatic heterocycles. The lowest BCUT2D eigenvalue weighted by atomic mass is 10.1. The summed E-state index contributed by atoms with van der Waals surface area (Å²) in [4.78, 5) is 41.3. The van der Waals surface area contributed by atoms with Gasteiger partial charge < -0.3 is 15.4 Å². The SMILES string of the molecule is CCn1ncc2c(C(=O)Nc3ccc(C(=O)NCC(=O)OC)cc3)cc(-c3ccccc3)nc21. The summed E-state index contributed by atoms with van der Waals surface area (Å²) in [6, 6.07) is 17.8. The molecule has 2 aromatic heterocycles. The molecule has 9 nitrogen and oxygen atoms in total. The Balaban J connectivity index is 1.59. The van der Waals surface area contributed by atoms with Crippen molar-refractivity contribution in [2.45, 2.75) is 13.5 Å². The topological polar surface area (TPSA) is 115 Å². The number of aryl methyl sites for hydroxylation is 1. The maximum atomic E-state index is 13.2. The summed E-state index contributed by atoms with van der Waals surface area (Å²) in [6.07, 6.45) is 1.64. The molecule has 0 radical (unpaired) electrons. The van der Waals surface area contributed by atoms with Gasteiger partial charge in [-0.1, -0.05) is 30.3 Å². The van der Waals surface area contributed by atoms with Crippen molar-refractivity contribution in [2.75, 3.05) is 19.0 Å². The zero-order valence-electron chi connectivity index (χ0n) is 18.7. The summed E-state index contributed by atoms with van der Waals surface area (Å²) in [5.74, 6) is -1.27. The van der Waals surface area contributed by atoms with Gasteiger partial charge in [0.15, 0.2) is 5.65 Å². The van der Waals surface area contributed by atoms with Crippen molar-refractivity contribution in [3.8, 4) is 11.3 Å². The highest BCUT2D eigenvalue weighted by molar-refractivity contribution is 6.12. The molecule has 2 amide bonds. The minimum atomic E-state index is -0.540. The minimum Gasteiger partial charge on any atom is -0.468 e. The molecular formula is C25H23N5O4. The Bertz CT molecular complexity index is 1350. The van der Waals surface area contributed by atoms with Crippen LogP contribution in [0.3, 0.4) is 0 Å². The van der Waals surface area contributed by atoms with Gasteiger partial charge in [-0.2, -0.15) is 5.10 Å². The number of pyridine rings is 1. The normalized spacial score (nSPS) is 10.6. The first kappa shape index (κ1) is 22.7. The van der Waals surface area contributed by atoms with Crippen LogP contribution in [-0.4, -0.2) is 46.2 Å². The number of aromatic nitrogens is 3. The van der Waals surface area contributed by atoms with Gasteiger partial charge in [-0.25, -0.2) is 9.67 Å². The monoisotopic (exact) mass is 457 g/mol. The molecule has 0 saturated heterocycles. The van der Waals surface area contributed by atoms with E-state index in [0.717, 1.165) is 5.56 Å². The lowest BCUT2D eigenvalue weighted by Gasteiger charge is -2.10. The quantitative estimate of drug-likeness (QED) is 0.412. The van der Waals surface area contributed by atoms with Crippen molar-refractivity contribution in [3.05, 3.63) is 78.0 Å². The van der Waals surface area contributed by atoms with Crippen molar-refractivity contribution in [2.24, 2.45) is 0 Å². The van der Waals surface area contributed by atoms with Crippen molar-refractivity contribution in [1.29, 1.82) is 0 Å². The summed E-state index contributed by atoms with van der Waals surface area (Å²) in [7, 11) is 1.25. The number of anilines is 1. The summed E-state index contributed by atoms with van der Waals surface area (Å²) >= 11 is 0. The maximum absolute atomic E-state index is 13.2. The Morgan fingerprint density at radius 2 is 1.74 bits per heavy atom. The molecule has 2 N–H and O–H groups in total. The van der Waals surface area contributed by atoms with Crippen LogP contribution in [0.15, 0.2) is 66.9 Å². The van der Waals surface area contributed by atoms with Gasteiger partial charge in [0.2, 0.25) is 0 Å². The Morgan fingerprint density at radius 3 is 2.41 bits per heavy atom. The van der Waals surface area contributed by atoms with Crippen LogP contribution in [0.4, 0.5) is 5.69 Å². The van der Waals surface area contributed by atoms with Gasteiger partial charge >= 0.3 is 5.97 Å². The van der Waals surface area contributed by atoms with E-state index < -0.39 is 11.9 Å². The van der Waals surface area contributed by atoms with Gasteiger partial charge in [0.05, 0.1) is 30.0 Å². The second-order valence-electron chi connectivity index (χ2n) is 7.41. The zero-order chi connectivity index (χ0) is 24.1. The van der Waals surface area contributed by atoms with Crippen molar-refractivity contribution in [3.63, 3.8) is 0 Å². The van der Waals surface area contributed by atoms with Crippen molar-refractivity contribution in [1.82, 2.24) is 20.1 Å². The molecule has 2 aromatic carbocycles. The molecule has 0 bridgehead atoms. The van der Waals surface area contributed by atoms with Gasteiger partial charge in [0.25, 0.3) is 11.8 Å². The van der Waals surface area contributed by atoms with Gasteiger partial charge in [0.1, 0.15) is 6.54 Å². The van der Waals surface area contributed by atoms with Crippen LogP contribution in [0.2, 0.25) is 0 Å². The molecule has 0 aliphatic rings. The first-order valence-electron chi connectivity index (χ1n) is 10.7. The van der Waals surface area contributed by atoms with Crippen LogP contribution in [0.1, 0.15) is 27.6 Å². The van der Waals surface area contributed by atoms with E-state index in [1.807, 2.05) is 37.3 Å². The predicted molar refractivity (Wildman–Crippen MR) is 127 cm³/mol. The fraction of sp³-hybridized carbons (Fsp3) is 0.160. The first-order valence-corrected chi connectivity index (χ1v) is 10.7. The number of methoxy groups -OCH3 is 1. The number of rotatable bonds is 7. The van der Waals surface area contributed by atoms with Gasteiger partial charge in [-0.15, -0.1) is 0 Å². The number of hydrogen-bond acceptors (Lipinski definition) is 6. The third kappa shape index (κ3) is 4.78. The average molecular weight is 457 g/mol. The number of carbonyl (C=O) groups excluding carboxylic acids is 3. The number of fused-ring (bicyclic) bond motifs is 1. The Hall–Kier alpha value is -4.53. The number of esters is 1. The number of carbonyl (C=O) groups is 3. The number of nitrogens with one attached hydrogen (secondary N) is 2. The van der Waals surface area contributed by atoms with E-state index in [4.69, 9.17) is 4.98 Å². The molecule has 4 rings (SSSR count). The fourth-order valence-electron chi connectivity index (χ4n) is 3.45. The molecule has 0 spiro atoms. The molecule has 172 valence electrons. The van der Waals surface area contributed by atoms with E-state index in [9.17, 15) is 14.4 Å². The Kier molecular flexibility index (Phi) is 6.63. The van der Waals surface area contributed by atoms with E-state index in [0.29, 0.717) is 40.1 Å². The van der Waals surface area contributed by atoms with Crippen LogP contribution in [0.5, 0.6) is 0 Å². The number of hydrogen-bond donors (Lipinski definition) is 2. The predicted octanol–water partition coefficient (Wildman–Crippen LogP) is 3.27. The second-order valence-corrected chi connectivity index (χ2v) is 7.41. The number of nitrogens with zero attached hydrogens (tertiary/aromatic N) is 3. The maximum Gasteiger partial charge on any atom is 0.325 e. The van der Waals surface area contributed by atoms with E-state index in [2.05, 4.69) is 20.5 Å². The summed E-state index contributed by atoms with van der Waals surface area (Å²) < 4.78 is 6.26. The molecule has 2 heterocycles. The fourth-order valence-corrected chi connectivity index (χ4v) is 3.45. The zero-order valence-corrected chi connectivity index (χ0v) is 18.7. The molecule has 0 aliphatic carbocycles. The van der Waals surface area contributed by atoms with E-state index in [1.165, 1.54) is 7.11 Å². The molecule has 4 aromatic rings. The molecule has 9 heteroatoms. The van der Waals surface area contributed by atoms with E-state index in [1.54, 1.807) is 41.2 Å². The summed E-state index contributed by atoms with van der Waals surface area (Å²) in [6.45, 7) is 2.36. The van der Waals surface area contributed by atoms with Crippen molar-refractivity contribution >= 4 is 34.5 Å². The number of benzene rings is 2. The van der Waals surface area contributed by atoms with Crippen LogP contribution in [0, 0.1) is 0 Å². The minimum absolute atomic E-state index is 0.221.